The first-order valence-corrected chi connectivity index (χ1v) is 5.55. The minimum absolute atomic E-state index is 0.977. The van der Waals surface area contributed by atoms with Crippen molar-refractivity contribution in [1.82, 2.24) is 0 Å². The molecule has 1 aromatic heterocycles. The summed E-state index contributed by atoms with van der Waals surface area (Å²) in [7, 11) is 0. The van der Waals surface area contributed by atoms with Gasteiger partial charge in [0.05, 0.1) is 0 Å². The Balaban J connectivity index is 2.53. The normalized spacial score (nSPS) is 11.4. The van der Waals surface area contributed by atoms with Crippen molar-refractivity contribution < 1.29 is 4.42 Å². The molecule has 16 heavy (non-hydrogen) atoms. The maximum atomic E-state index is 5.84. The van der Waals surface area contributed by atoms with Crippen LogP contribution in [0.25, 0.3) is 21.9 Å². The van der Waals surface area contributed by atoms with Gasteiger partial charge in [0.1, 0.15) is 11.2 Å². The van der Waals surface area contributed by atoms with Gasteiger partial charge in [-0.3, -0.25) is 0 Å². The lowest BCUT2D eigenvalue weighted by molar-refractivity contribution is 0.668. The molecule has 0 fully saturated rings. The van der Waals surface area contributed by atoms with Crippen LogP contribution in [0.2, 0.25) is 0 Å². The average Bonchev–Trinajstić information content (AvgIpc) is 2.57. The molecule has 1 heterocycles. The van der Waals surface area contributed by atoms with Crippen LogP contribution in [-0.2, 0) is 0 Å². The van der Waals surface area contributed by atoms with E-state index in [9.17, 15) is 0 Å². The Labute approximate surface area is 94.7 Å². The Morgan fingerprint density at radius 3 is 2.25 bits per heavy atom. The molecule has 0 aliphatic rings. The predicted octanol–water partition coefficient (Wildman–Crippen LogP) is 4.51. The van der Waals surface area contributed by atoms with Gasteiger partial charge in [0.25, 0.3) is 0 Å². The smallest absolute Gasteiger partial charge is 0.135 e. The van der Waals surface area contributed by atoms with Crippen LogP contribution in [-0.4, -0.2) is 0 Å². The summed E-state index contributed by atoms with van der Waals surface area (Å²) < 4.78 is 5.84. The molecule has 0 saturated heterocycles. The van der Waals surface area contributed by atoms with E-state index in [1.165, 1.54) is 27.5 Å². The minimum atomic E-state index is 0.977. The number of hydrogen-bond acceptors (Lipinski definition) is 1. The van der Waals surface area contributed by atoms with Crippen molar-refractivity contribution >= 4 is 21.9 Å². The molecule has 0 bridgehead atoms. The molecule has 3 rings (SSSR count). The maximum Gasteiger partial charge on any atom is 0.135 e. The second-order valence-electron chi connectivity index (χ2n) is 4.53. The lowest BCUT2D eigenvalue weighted by Gasteiger charge is -1.98. The summed E-state index contributed by atoms with van der Waals surface area (Å²) in [5.74, 6) is 0. The van der Waals surface area contributed by atoms with E-state index in [4.69, 9.17) is 4.42 Å². The van der Waals surface area contributed by atoms with Crippen LogP contribution in [0.4, 0.5) is 0 Å². The van der Waals surface area contributed by atoms with Crippen molar-refractivity contribution in [3.05, 3.63) is 47.0 Å². The van der Waals surface area contributed by atoms with Crippen molar-refractivity contribution in [2.75, 3.05) is 0 Å². The van der Waals surface area contributed by atoms with Crippen LogP contribution < -0.4 is 0 Å². The van der Waals surface area contributed by atoms with E-state index >= 15 is 0 Å². The number of fused-ring (bicyclic) bond motifs is 3. The molecule has 0 amide bonds. The second kappa shape index (κ2) is 3.11. The summed E-state index contributed by atoms with van der Waals surface area (Å²) in [6.45, 7) is 6.37. The van der Waals surface area contributed by atoms with E-state index in [1.54, 1.807) is 0 Å². The molecule has 0 aliphatic heterocycles. The molecule has 1 nitrogen and oxygen atoms in total. The third-order valence-corrected chi connectivity index (χ3v) is 3.24. The molecule has 0 N–H and O–H groups in total. The van der Waals surface area contributed by atoms with Gasteiger partial charge in [0.15, 0.2) is 0 Å². The molecule has 0 spiro atoms. The molecule has 80 valence electrons. The molecule has 0 radical (unpaired) electrons. The number of hydrogen-bond donors (Lipinski definition) is 0. The lowest BCUT2D eigenvalue weighted by Crippen LogP contribution is -1.78. The third kappa shape index (κ3) is 1.25. The first kappa shape index (κ1) is 9.46. The fourth-order valence-electron chi connectivity index (χ4n) is 2.15. The standard InChI is InChI=1S/C15H14O/c1-9-4-5-14-12(6-9)13-7-10(2)11(3)8-15(13)16-14/h4-8H,1-3H3. The highest BCUT2D eigenvalue weighted by Crippen LogP contribution is 2.31. The summed E-state index contributed by atoms with van der Waals surface area (Å²) in [4.78, 5) is 0. The molecule has 2 aromatic carbocycles. The maximum absolute atomic E-state index is 5.84. The monoisotopic (exact) mass is 210 g/mol. The van der Waals surface area contributed by atoms with Crippen LogP contribution >= 0.6 is 0 Å². The Bertz CT molecular complexity index is 689. The van der Waals surface area contributed by atoms with Gasteiger partial charge in [-0.1, -0.05) is 11.6 Å². The zero-order valence-corrected chi connectivity index (χ0v) is 9.79. The Kier molecular flexibility index (Phi) is 1.84. The zero-order chi connectivity index (χ0) is 11.3. The van der Waals surface area contributed by atoms with Crippen LogP contribution in [0, 0.1) is 20.8 Å². The topological polar surface area (TPSA) is 13.1 Å². The van der Waals surface area contributed by atoms with E-state index < -0.39 is 0 Å². The van der Waals surface area contributed by atoms with Crippen LogP contribution in [0.3, 0.4) is 0 Å². The molecular weight excluding hydrogens is 196 g/mol. The van der Waals surface area contributed by atoms with Crippen LogP contribution in [0.15, 0.2) is 34.7 Å². The summed E-state index contributed by atoms with van der Waals surface area (Å²) >= 11 is 0. The molecule has 0 saturated carbocycles. The van der Waals surface area contributed by atoms with Gasteiger partial charge < -0.3 is 4.42 Å². The first-order chi connectivity index (χ1) is 7.65. The fraction of sp³-hybridized carbons (Fsp3) is 0.200. The molecular formula is C15H14O. The van der Waals surface area contributed by atoms with Crippen LogP contribution in [0.1, 0.15) is 16.7 Å². The van der Waals surface area contributed by atoms with Crippen LogP contribution in [0.5, 0.6) is 0 Å². The number of aryl methyl sites for hydroxylation is 3. The predicted molar refractivity (Wildman–Crippen MR) is 67.9 cm³/mol. The SMILES string of the molecule is Cc1ccc2oc3cc(C)c(C)cc3c2c1. The van der Waals surface area contributed by atoms with Gasteiger partial charge in [-0.05, 0) is 56.2 Å². The van der Waals surface area contributed by atoms with Crippen molar-refractivity contribution in [2.45, 2.75) is 20.8 Å². The molecule has 0 aliphatic carbocycles. The van der Waals surface area contributed by atoms with E-state index in [0.717, 1.165) is 11.2 Å². The van der Waals surface area contributed by atoms with Crippen molar-refractivity contribution in [2.24, 2.45) is 0 Å². The van der Waals surface area contributed by atoms with Gasteiger partial charge >= 0.3 is 0 Å². The highest BCUT2D eigenvalue weighted by Gasteiger charge is 2.08. The highest BCUT2D eigenvalue weighted by molar-refractivity contribution is 6.05. The second-order valence-corrected chi connectivity index (χ2v) is 4.53. The van der Waals surface area contributed by atoms with Gasteiger partial charge in [0, 0.05) is 10.8 Å². The quantitative estimate of drug-likeness (QED) is 0.532. The lowest BCUT2D eigenvalue weighted by atomic mass is 10.0. The average molecular weight is 210 g/mol. The van der Waals surface area contributed by atoms with E-state index in [2.05, 4.69) is 51.1 Å². The van der Waals surface area contributed by atoms with Gasteiger partial charge in [-0.25, -0.2) is 0 Å². The van der Waals surface area contributed by atoms with Crippen molar-refractivity contribution in [3.8, 4) is 0 Å². The molecule has 0 unspecified atom stereocenters. The highest BCUT2D eigenvalue weighted by atomic mass is 16.3. The molecule has 0 atom stereocenters. The molecule has 3 aromatic rings. The molecule has 1 heteroatoms. The summed E-state index contributed by atoms with van der Waals surface area (Å²) in [5.41, 5.74) is 5.84. The Hall–Kier alpha value is -1.76. The minimum Gasteiger partial charge on any atom is -0.456 e. The largest absolute Gasteiger partial charge is 0.456 e. The number of furan rings is 1. The summed E-state index contributed by atoms with van der Waals surface area (Å²) in [6, 6.07) is 10.7. The van der Waals surface area contributed by atoms with Gasteiger partial charge in [-0.15, -0.1) is 0 Å². The van der Waals surface area contributed by atoms with E-state index in [1.807, 2.05) is 0 Å². The summed E-state index contributed by atoms with van der Waals surface area (Å²) in [6.07, 6.45) is 0. The third-order valence-electron chi connectivity index (χ3n) is 3.24. The van der Waals surface area contributed by atoms with Crippen molar-refractivity contribution in [1.29, 1.82) is 0 Å². The van der Waals surface area contributed by atoms with E-state index in [0.29, 0.717) is 0 Å². The summed E-state index contributed by atoms with van der Waals surface area (Å²) in [5, 5.41) is 2.44. The number of rotatable bonds is 0. The Morgan fingerprint density at radius 1 is 0.750 bits per heavy atom. The van der Waals surface area contributed by atoms with Gasteiger partial charge in [0.2, 0.25) is 0 Å². The number of benzene rings is 2. The first-order valence-electron chi connectivity index (χ1n) is 5.55. The zero-order valence-electron chi connectivity index (χ0n) is 9.79. The van der Waals surface area contributed by atoms with Gasteiger partial charge in [-0.2, -0.15) is 0 Å². The van der Waals surface area contributed by atoms with E-state index in [-0.39, 0.29) is 0 Å². The van der Waals surface area contributed by atoms with Crippen molar-refractivity contribution in [3.63, 3.8) is 0 Å². The Morgan fingerprint density at radius 2 is 1.44 bits per heavy atom. The fourth-order valence-corrected chi connectivity index (χ4v) is 2.15.